The third-order valence-electron chi connectivity index (χ3n) is 1.49. The van der Waals surface area contributed by atoms with Gasteiger partial charge in [-0.2, -0.15) is 0 Å². The van der Waals surface area contributed by atoms with Crippen LogP contribution >= 0.6 is 15.9 Å². The first-order valence-corrected chi connectivity index (χ1v) is 4.67. The monoisotopic (exact) mass is 242 g/mol. The molecule has 0 amide bonds. The van der Waals surface area contributed by atoms with Crippen molar-refractivity contribution in [2.75, 3.05) is 20.6 Å². The first-order valence-electron chi connectivity index (χ1n) is 3.88. The van der Waals surface area contributed by atoms with Crippen LogP contribution in [0, 0.1) is 0 Å². The molecule has 0 atom stereocenters. The highest BCUT2D eigenvalue weighted by Gasteiger charge is 2.07. The Morgan fingerprint density at radius 2 is 2.23 bits per heavy atom. The number of rotatable bonds is 3. The van der Waals surface area contributed by atoms with E-state index in [1.807, 2.05) is 19.0 Å². The van der Waals surface area contributed by atoms with Crippen LogP contribution < -0.4 is 0 Å². The Bertz CT molecular complexity index is 312. The van der Waals surface area contributed by atoms with Gasteiger partial charge in [-0.15, -0.1) is 0 Å². The van der Waals surface area contributed by atoms with Crippen molar-refractivity contribution in [2.24, 2.45) is 0 Å². The maximum atomic E-state index is 11.5. The minimum Gasteiger partial charge on any atom is -0.302 e. The third-order valence-corrected chi connectivity index (χ3v) is 1.92. The summed E-state index contributed by atoms with van der Waals surface area (Å²) in [6.07, 6.45) is 3.24. The SMILES string of the molecule is CN(C)CC(=O)c1cncc(Br)c1. The van der Waals surface area contributed by atoms with Gasteiger partial charge in [0.05, 0.1) is 6.54 Å². The van der Waals surface area contributed by atoms with Gasteiger partial charge in [-0.3, -0.25) is 9.78 Å². The van der Waals surface area contributed by atoms with Crippen molar-refractivity contribution in [3.8, 4) is 0 Å². The quantitative estimate of drug-likeness (QED) is 0.756. The van der Waals surface area contributed by atoms with Gasteiger partial charge in [-0.1, -0.05) is 0 Å². The lowest BCUT2D eigenvalue weighted by Gasteiger charge is -2.07. The molecule has 1 aromatic rings. The lowest BCUT2D eigenvalue weighted by Crippen LogP contribution is -2.21. The number of carbonyl (C=O) groups excluding carboxylic acids is 1. The van der Waals surface area contributed by atoms with Crippen LogP contribution in [-0.2, 0) is 0 Å². The Kier molecular flexibility index (Phi) is 3.57. The predicted molar refractivity (Wildman–Crippen MR) is 54.8 cm³/mol. The minimum atomic E-state index is 0.0822. The number of hydrogen-bond acceptors (Lipinski definition) is 3. The number of likely N-dealkylation sites (N-methyl/N-ethyl adjacent to an activating group) is 1. The highest BCUT2D eigenvalue weighted by atomic mass is 79.9. The zero-order chi connectivity index (χ0) is 9.84. The Morgan fingerprint density at radius 1 is 1.54 bits per heavy atom. The molecule has 13 heavy (non-hydrogen) atoms. The van der Waals surface area contributed by atoms with Crippen molar-refractivity contribution in [3.63, 3.8) is 0 Å². The van der Waals surface area contributed by atoms with Crippen molar-refractivity contribution in [1.82, 2.24) is 9.88 Å². The number of Topliss-reactive ketones (excluding diaryl/α,β-unsaturated/α-hetero) is 1. The van der Waals surface area contributed by atoms with E-state index in [2.05, 4.69) is 20.9 Å². The zero-order valence-electron chi connectivity index (χ0n) is 7.62. The van der Waals surface area contributed by atoms with Crippen LogP contribution in [-0.4, -0.2) is 36.3 Å². The van der Waals surface area contributed by atoms with Crippen LogP contribution in [0.5, 0.6) is 0 Å². The molecule has 0 unspecified atom stereocenters. The number of aromatic nitrogens is 1. The van der Waals surface area contributed by atoms with Gasteiger partial charge < -0.3 is 4.90 Å². The van der Waals surface area contributed by atoms with E-state index in [1.165, 1.54) is 0 Å². The van der Waals surface area contributed by atoms with E-state index < -0.39 is 0 Å². The van der Waals surface area contributed by atoms with E-state index >= 15 is 0 Å². The number of pyridine rings is 1. The van der Waals surface area contributed by atoms with Crippen molar-refractivity contribution in [2.45, 2.75) is 0 Å². The van der Waals surface area contributed by atoms with E-state index in [4.69, 9.17) is 0 Å². The third kappa shape index (κ3) is 3.24. The first-order chi connectivity index (χ1) is 6.09. The van der Waals surface area contributed by atoms with E-state index in [0.29, 0.717) is 12.1 Å². The lowest BCUT2D eigenvalue weighted by molar-refractivity contribution is 0.0957. The number of ketones is 1. The van der Waals surface area contributed by atoms with E-state index in [-0.39, 0.29) is 5.78 Å². The molecule has 0 fully saturated rings. The van der Waals surface area contributed by atoms with Crippen molar-refractivity contribution in [1.29, 1.82) is 0 Å². The van der Waals surface area contributed by atoms with Gasteiger partial charge in [0.2, 0.25) is 0 Å². The number of nitrogens with zero attached hydrogens (tertiary/aromatic N) is 2. The van der Waals surface area contributed by atoms with Gasteiger partial charge in [0, 0.05) is 22.4 Å². The molecule has 4 heteroatoms. The second kappa shape index (κ2) is 4.48. The highest BCUT2D eigenvalue weighted by molar-refractivity contribution is 9.10. The number of carbonyl (C=O) groups is 1. The predicted octanol–water partition coefficient (Wildman–Crippen LogP) is 1.59. The summed E-state index contributed by atoms with van der Waals surface area (Å²) < 4.78 is 0.831. The van der Waals surface area contributed by atoms with Crippen molar-refractivity contribution >= 4 is 21.7 Å². The molecule has 1 aromatic heterocycles. The highest BCUT2D eigenvalue weighted by Crippen LogP contribution is 2.09. The van der Waals surface area contributed by atoms with E-state index in [9.17, 15) is 4.79 Å². The van der Waals surface area contributed by atoms with E-state index in [0.717, 1.165) is 4.47 Å². The number of halogens is 1. The van der Waals surface area contributed by atoms with Crippen LogP contribution in [0.4, 0.5) is 0 Å². The summed E-state index contributed by atoms with van der Waals surface area (Å²) in [6.45, 7) is 0.415. The van der Waals surface area contributed by atoms with E-state index in [1.54, 1.807) is 18.5 Å². The Hall–Kier alpha value is -0.740. The van der Waals surface area contributed by atoms with Gasteiger partial charge in [0.15, 0.2) is 5.78 Å². The number of hydrogen-bond donors (Lipinski definition) is 0. The Morgan fingerprint density at radius 3 is 2.77 bits per heavy atom. The molecule has 0 aliphatic carbocycles. The normalized spacial score (nSPS) is 10.5. The summed E-state index contributed by atoms with van der Waals surface area (Å²) in [4.78, 5) is 17.3. The summed E-state index contributed by atoms with van der Waals surface area (Å²) in [5.74, 6) is 0.0822. The van der Waals surface area contributed by atoms with Gasteiger partial charge >= 0.3 is 0 Å². The summed E-state index contributed by atoms with van der Waals surface area (Å²) >= 11 is 3.27. The van der Waals surface area contributed by atoms with Crippen LogP contribution in [0.15, 0.2) is 22.9 Å². The molecule has 70 valence electrons. The molecule has 1 heterocycles. The van der Waals surface area contributed by atoms with Crippen LogP contribution in [0.2, 0.25) is 0 Å². The van der Waals surface area contributed by atoms with Crippen LogP contribution in [0.3, 0.4) is 0 Å². The topological polar surface area (TPSA) is 33.2 Å². The molecule has 0 N–H and O–H groups in total. The zero-order valence-corrected chi connectivity index (χ0v) is 9.21. The molecule has 0 aliphatic rings. The summed E-state index contributed by atoms with van der Waals surface area (Å²) in [7, 11) is 3.73. The Labute approximate surface area is 85.9 Å². The smallest absolute Gasteiger partial charge is 0.178 e. The van der Waals surface area contributed by atoms with Gasteiger partial charge in [0.25, 0.3) is 0 Å². The first kappa shape index (κ1) is 10.3. The fraction of sp³-hybridized carbons (Fsp3) is 0.333. The van der Waals surface area contributed by atoms with Gasteiger partial charge in [0.1, 0.15) is 0 Å². The maximum Gasteiger partial charge on any atom is 0.178 e. The van der Waals surface area contributed by atoms with Crippen LogP contribution in [0.25, 0.3) is 0 Å². The van der Waals surface area contributed by atoms with Crippen molar-refractivity contribution < 1.29 is 4.79 Å². The summed E-state index contributed by atoms with van der Waals surface area (Å²) in [5.41, 5.74) is 0.642. The summed E-state index contributed by atoms with van der Waals surface area (Å²) in [5, 5.41) is 0. The molecular formula is C9H11BrN2O. The molecule has 1 rings (SSSR count). The molecule has 0 saturated heterocycles. The molecule has 0 aliphatic heterocycles. The summed E-state index contributed by atoms with van der Waals surface area (Å²) in [6, 6.07) is 1.78. The molecular weight excluding hydrogens is 232 g/mol. The molecule has 0 radical (unpaired) electrons. The average Bonchev–Trinajstić information content (AvgIpc) is 2.03. The van der Waals surface area contributed by atoms with Crippen LogP contribution in [0.1, 0.15) is 10.4 Å². The fourth-order valence-electron chi connectivity index (χ4n) is 0.943. The van der Waals surface area contributed by atoms with Crippen molar-refractivity contribution in [3.05, 3.63) is 28.5 Å². The maximum absolute atomic E-state index is 11.5. The second-order valence-corrected chi connectivity index (χ2v) is 3.97. The van der Waals surface area contributed by atoms with Gasteiger partial charge in [-0.25, -0.2) is 0 Å². The Balaban J connectivity index is 2.77. The largest absolute Gasteiger partial charge is 0.302 e. The molecule has 3 nitrogen and oxygen atoms in total. The molecule has 0 saturated carbocycles. The molecule has 0 spiro atoms. The standard InChI is InChI=1S/C9H11BrN2O/c1-12(2)6-9(13)7-3-8(10)5-11-4-7/h3-5H,6H2,1-2H3. The van der Waals surface area contributed by atoms with Gasteiger partial charge in [-0.05, 0) is 36.1 Å². The minimum absolute atomic E-state index is 0.0822. The fourth-order valence-corrected chi connectivity index (χ4v) is 1.31. The lowest BCUT2D eigenvalue weighted by atomic mass is 10.2. The molecule has 0 aromatic carbocycles. The molecule has 0 bridgehead atoms. The average molecular weight is 243 g/mol. The second-order valence-electron chi connectivity index (χ2n) is 3.05.